The van der Waals surface area contributed by atoms with Crippen LogP contribution in [0.5, 0.6) is 17.2 Å². The number of hydrogen-bond acceptors (Lipinski definition) is 5. The highest BCUT2D eigenvalue weighted by Gasteiger charge is 2.14. The minimum Gasteiger partial charge on any atom is -0.507 e. The Morgan fingerprint density at radius 1 is 0.885 bits per heavy atom. The van der Waals surface area contributed by atoms with E-state index < -0.39 is 0 Å². The number of phenols is 1. The lowest BCUT2D eigenvalue weighted by atomic mass is 9.94. The summed E-state index contributed by atoms with van der Waals surface area (Å²) < 4.78 is 11.1. The smallest absolute Gasteiger partial charge is 0.261 e. The van der Waals surface area contributed by atoms with Crippen molar-refractivity contribution in [2.45, 2.75) is 0 Å². The van der Waals surface area contributed by atoms with Crippen molar-refractivity contribution >= 4 is 13.3 Å². The van der Waals surface area contributed by atoms with Crippen LogP contribution in [0.3, 0.4) is 0 Å². The Balaban J connectivity index is 1.57. The Morgan fingerprint density at radius 2 is 1.62 bits per heavy atom. The minimum atomic E-state index is 0.109. The molecular weight excluding hydrogens is 327 g/mol. The molecule has 1 N–H and O–H groups in total. The number of aromatic nitrogens is 2. The van der Waals surface area contributed by atoms with Crippen molar-refractivity contribution in [3.8, 4) is 40.1 Å². The van der Waals surface area contributed by atoms with Crippen molar-refractivity contribution in [3.05, 3.63) is 72.8 Å². The van der Waals surface area contributed by atoms with Crippen molar-refractivity contribution in [2.24, 2.45) is 0 Å². The van der Waals surface area contributed by atoms with Gasteiger partial charge in [0, 0.05) is 5.56 Å². The second kappa shape index (κ2) is 6.76. The third kappa shape index (κ3) is 3.30. The van der Waals surface area contributed by atoms with Gasteiger partial charge >= 0.3 is 0 Å². The molecule has 0 aliphatic heterocycles. The lowest BCUT2D eigenvalue weighted by Crippen LogP contribution is -2.00. The number of phenolic OH excluding ortho intramolecular Hbond substituents is 1. The van der Waals surface area contributed by atoms with Crippen LogP contribution in [0.25, 0.3) is 22.8 Å². The van der Waals surface area contributed by atoms with Gasteiger partial charge in [-0.25, -0.2) is 0 Å². The molecule has 0 radical (unpaired) electrons. The third-order valence-electron chi connectivity index (χ3n) is 3.90. The maximum Gasteiger partial charge on any atom is 0.261 e. The average molecular weight is 342 g/mol. The first-order valence-corrected chi connectivity index (χ1v) is 8.16. The summed E-state index contributed by atoms with van der Waals surface area (Å²) in [6.45, 7) is 0. The van der Waals surface area contributed by atoms with Crippen LogP contribution in [0, 0.1) is 0 Å². The van der Waals surface area contributed by atoms with Crippen molar-refractivity contribution in [1.82, 2.24) is 10.1 Å². The zero-order valence-corrected chi connectivity index (χ0v) is 14.1. The molecule has 0 bridgehead atoms. The van der Waals surface area contributed by atoms with Crippen LogP contribution in [0.4, 0.5) is 0 Å². The molecular formula is C20H15BN2O3. The normalized spacial score (nSPS) is 10.6. The molecule has 0 aliphatic carbocycles. The van der Waals surface area contributed by atoms with Crippen molar-refractivity contribution < 1.29 is 14.4 Å². The predicted molar refractivity (Wildman–Crippen MR) is 102 cm³/mol. The van der Waals surface area contributed by atoms with Crippen molar-refractivity contribution in [2.75, 3.05) is 0 Å². The minimum absolute atomic E-state index is 0.109. The van der Waals surface area contributed by atoms with Gasteiger partial charge in [0.1, 0.15) is 25.1 Å². The number of para-hydroxylation sites is 1. The standard InChI is InChI=1S/C20H15BN2O3/c21-14-8-11-18(24)17(12-14)20-22-19(23-26-20)13-6-9-16(10-7-13)25-15-4-2-1-3-5-15/h1-12,24H,21H2. The van der Waals surface area contributed by atoms with Gasteiger partial charge in [0.25, 0.3) is 5.89 Å². The summed E-state index contributed by atoms with van der Waals surface area (Å²) in [4.78, 5) is 4.39. The van der Waals surface area contributed by atoms with Gasteiger partial charge in [-0.1, -0.05) is 41.0 Å². The molecule has 0 atom stereocenters. The fourth-order valence-electron chi connectivity index (χ4n) is 2.57. The van der Waals surface area contributed by atoms with Crippen LogP contribution in [0.1, 0.15) is 0 Å². The highest BCUT2D eigenvalue weighted by Crippen LogP contribution is 2.29. The van der Waals surface area contributed by atoms with Gasteiger partial charge < -0.3 is 14.4 Å². The molecule has 5 nitrogen and oxygen atoms in total. The van der Waals surface area contributed by atoms with Gasteiger partial charge in [-0.05, 0) is 42.5 Å². The van der Waals surface area contributed by atoms with Gasteiger partial charge in [-0.3, -0.25) is 0 Å². The molecule has 1 aromatic heterocycles. The largest absolute Gasteiger partial charge is 0.507 e. The Kier molecular flexibility index (Phi) is 4.15. The lowest BCUT2D eigenvalue weighted by Gasteiger charge is -2.05. The van der Waals surface area contributed by atoms with Gasteiger partial charge in [0.15, 0.2) is 0 Å². The predicted octanol–water partition coefficient (Wildman–Crippen LogP) is 3.16. The molecule has 26 heavy (non-hydrogen) atoms. The quantitative estimate of drug-likeness (QED) is 0.577. The number of aromatic hydroxyl groups is 1. The van der Waals surface area contributed by atoms with E-state index in [1.165, 1.54) is 0 Å². The molecule has 0 aliphatic rings. The molecule has 3 aromatic carbocycles. The molecule has 0 unspecified atom stereocenters. The molecule has 0 amide bonds. The highest BCUT2D eigenvalue weighted by molar-refractivity contribution is 6.32. The first kappa shape index (κ1) is 16.0. The fraction of sp³-hybridized carbons (Fsp3) is 0. The Morgan fingerprint density at radius 3 is 2.38 bits per heavy atom. The van der Waals surface area contributed by atoms with Crippen LogP contribution in [-0.4, -0.2) is 23.1 Å². The van der Waals surface area contributed by atoms with Gasteiger partial charge in [0.05, 0.1) is 5.56 Å². The first-order chi connectivity index (χ1) is 12.7. The van der Waals surface area contributed by atoms with E-state index in [1.807, 2.05) is 74.6 Å². The third-order valence-corrected chi connectivity index (χ3v) is 3.90. The van der Waals surface area contributed by atoms with Gasteiger partial charge in [-0.2, -0.15) is 4.98 Å². The van der Waals surface area contributed by atoms with Crippen molar-refractivity contribution in [3.63, 3.8) is 0 Å². The maximum absolute atomic E-state index is 10.0. The highest BCUT2D eigenvalue weighted by atomic mass is 16.5. The maximum atomic E-state index is 10.0. The van der Waals surface area contributed by atoms with Crippen LogP contribution < -0.4 is 10.2 Å². The first-order valence-electron chi connectivity index (χ1n) is 8.16. The van der Waals surface area contributed by atoms with Crippen LogP contribution in [0.15, 0.2) is 77.3 Å². The van der Waals surface area contributed by atoms with Gasteiger partial charge in [0.2, 0.25) is 5.82 Å². The molecule has 0 saturated heterocycles. The van der Waals surface area contributed by atoms with E-state index in [2.05, 4.69) is 10.1 Å². The second-order valence-electron chi connectivity index (χ2n) is 5.88. The Bertz CT molecular complexity index is 1030. The molecule has 1 heterocycles. The Hall–Kier alpha value is -3.54. The fourth-order valence-corrected chi connectivity index (χ4v) is 2.57. The molecule has 4 aromatic rings. The summed E-state index contributed by atoms with van der Waals surface area (Å²) in [5.74, 6) is 2.34. The summed E-state index contributed by atoms with van der Waals surface area (Å²) in [5, 5.41) is 14.0. The lowest BCUT2D eigenvalue weighted by molar-refractivity contribution is 0.426. The van der Waals surface area contributed by atoms with Gasteiger partial charge in [-0.15, -0.1) is 0 Å². The summed E-state index contributed by atoms with van der Waals surface area (Å²) >= 11 is 0. The summed E-state index contributed by atoms with van der Waals surface area (Å²) in [6, 6.07) is 22.2. The number of nitrogens with zero attached hydrogens (tertiary/aromatic N) is 2. The van der Waals surface area contributed by atoms with E-state index in [9.17, 15) is 5.11 Å². The zero-order valence-electron chi connectivity index (χ0n) is 14.1. The van der Waals surface area contributed by atoms with E-state index in [0.29, 0.717) is 11.4 Å². The van der Waals surface area contributed by atoms with E-state index in [-0.39, 0.29) is 11.6 Å². The Labute approximate surface area is 151 Å². The SMILES string of the molecule is Bc1ccc(O)c(-c2nc(-c3ccc(Oc4ccccc4)cc3)no2)c1. The molecule has 0 spiro atoms. The molecule has 0 fully saturated rings. The second-order valence-corrected chi connectivity index (χ2v) is 5.88. The number of benzene rings is 3. The molecule has 4 rings (SSSR count). The molecule has 6 heteroatoms. The number of rotatable bonds is 4. The molecule has 0 saturated carbocycles. The monoisotopic (exact) mass is 342 g/mol. The summed E-state index contributed by atoms with van der Waals surface area (Å²) in [7, 11) is 1.94. The van der Waals surface area contributed by atoms with E-state index in [0.717, 1.165) is 22.5 Å². The summed E-state index contributed by atoms with van der Waals surface area (Å²) in [5.41, 5.74) is 2.32. The van der Waals surface area contributed by atoms with E-state index >= 15 is 0 Å². The van der Waals surface area contributed by atoms with E-state index in [4.69, 9.17) is 9.26 Å². The van der Waals surface area contributed by atoms with E-state index in [1.54, 1.807) is 6.07 Å². The van der Waals surface area contributed by atoms with Crippen LogP contribution in [0.2, 0.25) is 0 Å². The summed E-state index contributed by atoms with van der Waals surface area (Å²) in [6.07, 6.45) is 0. The van der Waals surface area contributed by atoms with Crippen molar-refractivity contribution in [1.29, 1.82) is 0 Å². The topological polar surface area (TPSA) is 68.4 Å². The number of hydrogen-bond donors (Lipinski definition) is 1. The molecule has 126 valence electrons. The zero-order chi connectivity index (χ0) is 17.9. The number of ether oxygens (including phenoxy) is 1. The van der Waals surface area contributed by atoms with Crippen LogP contribution >= 0.6 is 0 Å². The van der Waals surface area contributed by atoms with Crippen LogP contribution in [-0.2, 0) is 0 Å². The average Bonchev–Trinajstić information content (AvgIpc) is 3.15.